The molecule has 0 heterocycles. The van der Waals surface area contributed by atoms with Gasteiger partial charge in [-0.2, -0.15) is 0 Å². The lowest BCUT2D eigenvalue weighted by Crippen LogP contribution is -2.17. The molecule has 1 aromatic rings. The Hall–Kier alpha value is -0.820. The Morgan fingerprint density at radius 1 is 0.960 bits per heavy atom. The van der Waals surface area contributed by atoms with E-state index in [4.69, 9.17) is 11.6 Å². The van der Waals surface area contributed by atoms with Crippen LogP contribution in [0.5, 0.6) is 0 Å². The molecule has 0 atom stereocenters. The highest BCUT2D eigenvalue weighted by molar-refractivity contribution is 6.30. The zero-order chi connectivity index (χ0) is 17.6. The van der Waals surface area contributed by atoms with E-state index in [1.165, 1.54) is 64.2 Å². The van der Waals surface area contributed by atoms with Crippen LogP contribution in [-0.4, -0.2) is 0 Å². The van der Waals surface area contributed by atoms with E-state index in [0.717, 1.165) is 23.3 Å². The van der Waals surface area contributed by atoms with Gasteiger partial charge in [0.05, 0.1) is 5.02 Å². The molecule has 0 N–H and O–H groups in total. The molecule has 0 aliphatic heterocycles. The van der Waals surface area contributed by atoms with Gasteiger partial charge in [0.15, 0.2) is 0 Å². The number of rotatable bonds is 5. The summed E-state index contributed by atoms with van der Waals surface area (Å²) in [6, 6.07) is 5.37. The van der Waals surface area contributed by atoms with Gasteiger partial charge < -0.3 is 0 Å². The highest BCUT2D eigenvalue weighted by Crippen LogP contribution is 2.40. The predicted molar refractivity (Wildman–Crippen MR) is 106 cm³/mol. The number of halogens is 2. The zero-order valence-electron chi connectivity index (χ0n) is 15.5. The molecule has 2 aliphatic carbocycles. The van der Waals surface area contributed by atoms with E-state index in [2.05, 4.69) is 19.1 Å². The van der Waals surface area contributed by atoms with Crippen LogP contribution in [0.2, 0.25) is 5.02 Å². The molecule has 25 heavy (non-hydrogen) atoms. The molecule has 2 heteroatoms. The van der Waals surface area contributed by atoms with Crippen LogP contribution in [0.3, 0.4) is 0 Å². The second-order valence-electron chi connectivity index (χ2n) is 8.28. The van der Waals surface area contributed by atoms with Crippen LogP contribution in [0.4, 0.5) is 4.39 Å². The first-order valence-corrected chi connectivity index (χ1v) is 10.6. The Balaban J connectivity index is 1.39. The molecule has 0 saturated heterocycles. The lowest BCUT2D eigenvalue weighted by atomic mass is 9.74. The van der Waals surface area contributed by atoms with E-state index in [-0.39, 0.29) is 10.8 Å². The van der Waals surface area contributed by atoms with Gasteiger partial charge in [-0.15, -0.1) is 0 Å². The Bertz CT molecular complexity index is 563. The molecule has 2 aliphatic rings. The van der Waals surface area contributed by atoms with Crippen molar-refractivity contribution in [1.82, 2.24) is 0 Å². The largest absolute Gasteiger partial charge is 0.205 e. The Labute approximate surface area is 157 Å². The molecule has 0 aromatic heterocycles. The van der Waals surface area contributed by atoms with Crippen molar-refractivity contribution in [2.24, 2.45) is 17.8 Å². The third kappa shape index (κ3) is 5.33. The molecule has 1 aromatic carbocycles. The van der Waals surface area contributed by atoms with Crippen LogP contribution in [0.1, 0.15) is 82.6 Å². The average molecular weight is 363 g/mol. The molecule has 138 valence electrons. The van der Waals surface area contributed by atoms with Crippen LogP contribution in [0.15, 0.2) is 30.4 Å². The minimum absolute atomic E-state index is 0.238. The first kappa shape index (κ1) is 19.0. The summed E-state index contributed by atoms with van der Waals surface area (Å²) in [6.45, 7) is 2.14. The van der Waals surface area contributed by atoms with Crippen LogP contribution in [-0.2, 0) is 0 Å². The SMILES string of the molecule is C/C=C/[C@H]1CC[C@H](CCC2CCC(c3ccc(Cl)c(F)c3)CC2)CC1. The fourth-order valence-corrected chi connectivity index (χ4v) is 5.08. The van der Waals surface area contributed by atoms with Crippen molar-refractivity contribution in [1.29, 1.82) is 0 Å². The van der Waals surface area contributed by atoms with E-state index in [9.17, 15) is 4.39 Å². The molecule has 0 nitrogen and oxygen atoms in total. The van der Waals surface area contributed by atoms with Crippen molar-refractivity contribution in [3.63, 3.8) is 0 Å². The van der Waals surface area contributed by atoms with E-state index < -0.39 is 0 Å². The smallest absolute Gasteiger partial charge is 0.142 e. The van der Waals surface area contributed by atoms with Gasteiger partial charge >= 0.3 is 0 Å². The summed E-state index contributed by atoms with van der Waals surface area (Å²) >= 11 is 5.81. The third-order valence-corrected chi connectivity index (χ3v) is 6.91. The van der Waals surface area contributed by atoms with Gasteiger partial charge in [-0.3, -0.25) is 0 Å². The molecule has 2 fully saturated rings. The normalized spacial score (nSPS) is 30.7. The van der Waals surface area contributed by atoms with E-state index >= 15 is 0 Å². The molecule has 2 saturated carbocycles. The quantitative estimate of drug-likeness (QED) is 0.466. The summed E-state index contributed by atoms with van der Waals surface area (Å²) in [6.07, 6.45) is 18.1. The molecule has 3 rings (SSSR count). The highest BCUT2D eigenvalue weighted by atomic mass is 35.5. The number of allylic oxidation sites excluding steroid dienone is 2. The Morgan fingerprint density at radius 3 is 2.12 bits per heavy atom. The minimum atomic E-state index is -0.269. The standard InChI is InChI=1S/C23H32ClF/c1-2-3-17-4-6-18(7-5-17)8-9-19-10-12-20(13-11-19)21-14-15-22(24)23(25)16-21/h2-3,14-20H,4-13H2,1H3/b3-2+/t17-,18-,19?,20?. The van der Waals surface area contributed by atoms with Crippen molar-refractivity contribution < 1.29 is 4.39 Å². The topological polar surface area (TPSA) is 0 Å². The molecule has 0 radical (unpaired) electrons. The van der Waals surface area contributed by atoms with Gasteiger partial charge in [-0.1, -0.05) is 42.7 Å². The summed E-state index contributed by atoms with van der Waals surface area (Å²) in [5, 5.41) is 0.238. The van der Waals surface area contributed by atoms with E-state index in [1.54, 1.807) is 12.1 Å². The Morgan fingerprint density at radius 2 is 1.56 bits per heavy atom. The van der Waals surface area contributed by atoms with E-state index in [1.807, 2.05) is 6.07 Å². The van der Waals surface area contributed by atoms with Gasteiger partial charge in [-0.05, 0) is 99.7 Å². The number of hydrogen-bond acceptors (Lipinski definition) is 0. The molecule has 0 amide bonds. The van der Waals surface area contributed by atoms with Gasteiger partial charge in [0.25, 0.3) is 0 Å². The second-order valence-corrected chi connectivity index (χ2v) is 8.68. The van der Waals surface area contributed by atoms with E-state index in [0.29, 0.717) is 5.92 Å². The fraction of sp³-hybridized carbons (Fsp3) is 0.652. The van der Waals surface area contributed by atoms with Crippen molar-refractivity contribution in [3.05, 3.63) is 46.8 Å². The van der Waals surface area contributed by atoms with Crippen molar-refractivity contribution in [2.45, 2.75) is 77.0 Å². The predicted octanol–water partition coefficient (Wildman–Crippen LogP) is 7.92. The maximum Gasteiger partial charge on any atom is 0.142 e. The zero-order valence-corrected chi connectivity index (χ0v) is 16.3. The maximum atomic E-state index is 13.7. The van der Waals surface area contributed by atoms with Gasteiger partial charge in [0, 0.05) is 0 Å². The number of hydrogen-bond donors (Lipinski definition) is 0. The van der Waals surface area contributed by atoms with Crippen LogP contribution >= 0.6 is 11.6 Å². The average Bonchev–Trinajstić information content (AvgIpc) is 2.64. The van der Waals surface area contributed by atoms with Crippen molar-refractivity contribution in [2.75, 3.05) is 0 Å². The van der Waals surface area contributed by atoms with Crippen molar-refractivity contribution in [3.8, 4) is 0 Å². The number of benzene rings is 1. The Kier molecular flexibility index (Phi) is 6.99. The third-order valence-electron chi connectivity index (χ3n) is 6.60. The minimum Gasteiger partial charge on any atom is -0.205 e. The van der Waals surface area contributed by atoms with Crippen LogP contribution in [0.25, 0.3) is 0 Å². The fourth-order valence-electron chi connectivity index (χ4n) is 4.96. The highest BCUT2D eigenvalue weighted by Gasteiger charge is 2.25. The lowest BCUT2D eigenvalue weighted by Gasteiger charge is -2.31. The summed E-state index contributed by atoms with van der Waals surface area (Å²) in [5.74, 6) is 2.96. The monoisotopic (exact) mass is 362 g/mol. The van der Waals surface area contributed by atoms with Gasteiger partial charge in [-0.25, -0.2) is 4.39 Å². The first-order valence-electron chi connectivity index (χ1n) is 10.2. The maximum absolute atomic E-state index is 13.7. The van der Waals surface area contributed by atoms with Crippen molar-refractivity contribution >= 4 is 11.6 Å². The molecular formula is C23H32ClF. The first-order chi connectivity index (χ1) is 12.2. The lowest BCUT2D eigenvalue weighted by molar-refractivity contribution is 0.246. The van der Waals surface area contributed by atoms with Gasteiger partial charge in [0.2, 0.25) is 0 Å². The van der Waals surface area contributed by atoms with Gasteiger partial charge in [0.1, 0.15) is 5.82 Å². The summed E-state index contributed by atoms with van der Waals surface area (Å²) in [5.41, 5.74) is 1.14. The second kappa shape index (κ2) is 9.21. The van der Waals surface area contributed by atoms with Crippen LogP contribution < -0.4 is 0 Å². The van der Waals surface area contributed by atoms with Crippen LogP contribution in [0, 0.1) is 23.6 Å². The molecule has 0 unspecified atom stereocenters. The molecule has 0 bridgehead atoms. The molecular weight excluding hydrogens is 331 g/mol. The summed E-state index contributed by atoms with van der Waals surface area (Å²) in [7, 11) is 0. The molecule has 0 spiro atoms. The summed E-state index contributed by atoms with van der Waals surface area (Å²) in [4.78, 5) is 0. The summed E-state index contributed by atoms with van der Waals surface area (Å²) < 4.78 is 13.7.